The van der Waals surface area contributed by atoms with Crippen LogP contribution in [0.25, 0.3) is 0 Å². The van der Waals surface area contributed by atoms with Crippen molar-refractivity contribution in [2.24, 2.45) is 4.99 Å². The van der Waals surface area contributed by atoms with Crippen molar-refractivity contribution >= 4 is 28.1 Å². The van der Waals surface area contributed by atoms with E-state index in [-0.39, 0.29) is 5.75 Å². The van der Waals surface area contributed by atoms with Gasteiger partial charge in [0.25, 0.3) is 0 Å². The first-order valence-corrected chi connectivity index (χ1v) is 7.14. The topological polar surface area (TPSA) is 69.9 Å². The third kappa shape index (κ3) is 4.43. The minimum atomic E-state index is -0.996. The third-order valence-corrected chi connectivity index (χ3v) is 3.43. The molecule has 0 unspecified atom stereocenters. The molecule has 2 aromatic carbocycles. The monoisotopic (exact) mass is 347 g/mol. The molecular weight excluding hydrogens is 334 g/mol. The van der Waals surface area contributed by atoms with Crippen LogP contribution in [-0.4, -0.2) is 28.4 Å². The largest absolute Gasteiger partial charge is 0.507 e. The molecule has 0 radical (unpaired) electrons. The number of hydrogen-bond acceptors (Lipinski definition) is 3. The van der Waals surface area contributed by atoms with E-state index in [0.717, 1.165) is 10.0 Å². The predicted molar refractivity (Wildman–Crippen MR) is 85.0 cm³/mol. The van der Waals surface area contributed by atoms with Crippen molar-refractivity contribution in [1.82, 2.24) is 0 Å². The van der Waals surface area contributed by atoms with Gasteiger partial charge in [-0.2, -0.15) is 0 Å². The summed E-state index contributed by atoms with van der Waals surface area (Å²) in [6.07, 6.45) is 1.70. The molecule has 0 aliphatic carbocycles. The molecule has 108 valence electrons. The van der Waals surface area contributed by atoms with E-state index in [2.05, 4.69) is 20.9 Å². The Bertz CT molecular complexity index is 656. The van der Waals surface area contributed by atoms with Crippen LogP contribution in [0.4, 0.5) is 0 Å². The summed E-state index contributed by atoms with van der Waals surface area (Å²) in [6.45, 7) is 0. The third-order valence-electron chi connectivity index (χ3n) is 2.94. The van der Waals surface area contributed by atoms with E-state index >= 15 is 0 Å². The van der Waals surface area contributed by atoms with Crippen LogP contribution in [0.5, 0.6) is 5.75 Å². The number of aliphatic carboxylic acids is 1. The molecule has 0 aliphatic heterocycles. The van der Waals surface area contributed by atoms with Gasteiger partial charge in [0.05, 0.1) is 0 Å². The van der Waals surface area contributed by atoms with Gasteiger partial charge in [-0.05, 0) is 23.8 Å². The van der Waals surface area contributed by atoms with E-state index in [4.69, 9.17) is 0 Å². The van der Waals surface area contributed by atoms with Crippen molar-refractivity contribution in [3.05, 3.63) is 64.1 Å². The molecule has 0 amide bonds. The summed E-state index contributed by atoms with van der Waals surface area (Å²) in [7, 11) is 0. The van der Waals surface area contributed by atoms with Gasteiger partial charge in [0.15, 0.2) is 6.04 Å². The fourth-order valence-electron chi connectivity index (χ4n) is 1.84. The Morgan fingerprint density at radius 2 is 1.95 bits per heavy atom. The van der Waals surface area contributed by atoms with Crippen LogP contribution in [0, 0.1) is 0 Å². The molecule has 0 aromatic heterocycles. The number of halogens is 1. The second-order valence-electron chi connectivity index (χ2n) is 4.53. The van der Waals surface area contributed by atoms with Crippen LogP contribution in [0.2, 0.25) is 0 Å². The van der Waals surface area contributed by atoms with Gasteiger partial charge < -0.3 is 10.2 Å². The van der Waals surface area contributed by atoms with Crippen molar-refractivity contribution < 1.29 is 15.0 Å². The SMILES string of the molecule is O=C(O)[C@H](Cc1ccccc1)N=Cc1cc(Br)ccc1O. The average molecular weight is 348 g/mol. The Kier molecular flexibility index (Phi) is 5.11. The van der Waals surface area contributed by atoms with Crippen LogP contribution in [0.3, 0.4) is 0 Å². The predicted octanol–water partition coefficient (Wildman–Crippen LogP) is 3.27. The van der Waals surface area contributed by atoms with Crippen molar-refractivity contribution in [3.8, 4) is 5.75 Å². The fourth-order valence-corrected chi connectivity index (χ4v) is 2.22. The lowest BCUT2D eigenvalue weighted by molar-refractivity contribution is -0.138. The molecule has 21 heavy (non-hydrogen) atoms. The highest BCUT2D eigenvalue weighted by Gasteiger charge is 2.16. The second-order valence-corrected chi connectivity index (χ2v) is 5.44. The summed E-state index contributed by atoms with van der Waals surface area (Å²) < 4.78 is 0.789. The zero-order valence-corrected chi connectivity index (χ0v) is 12.7. The molecule has 4 nitrogen and oxygen atoms in total. The number of phenols is 1. The van der Waals surface area contributed by atoms with Gasteiger partial charge in [-0.15, -0.1) is 0 Å². The van der Waals surface area contributed by atoms with E-state index in [1.54, 1.807) is 12.1 Å². The Balaban J connectivity index is 2.18. The van der Waals surface area contributed by atoms with Gasteiger partial charge in [-0.3, -0.25) is 4.99 Å². The first kappa shape index (κ1) is 15.3. The van der Waals surface area contributed by atoms with Crippen LogP contribution in [0.15, 0.2) is 58.0 Å². The molecule has 2 rings (SSSR count). The van der Waals surface area contributed by atoms with E-state index in [1.165, 1.54) is 12.3 Å². The summed E-state index contributed by atoms with van der Waals surface area (Å²) >= 11 is 3.30. The lowest BCUT2D eigenvalue weighted by Gasteiger charge is -2.08. The van der Waals surface area contributed by atoms with Crippen molar-refractivity contribution in [1.29, 1.82) is 0 Å². The number of rotatable bonds is 5. The molecule has 0 heterocycles. The summed E-state index contributed by atoms with van der Waals surface area (Å²) in [5.74, 6) is -0.935. The number of aromatic hydroxyl groups is 1. The van der Waals surface area contributed by atoms with Crippen LogP contribution >= 0.6 is 15.9 Å². The number of hydrogen-bond donors (Lipinski definition) is 2. The lowest BCUT2D eigenvalue weighted by Crippen LogP contribution is -2.20. The van der Waals surface area contributed by atoms with Crippen LogP contribution < -0.4 is 0 Å². The van der Waals surface area contributed by atoms with Gasteiger partial charge in [-0.25, -0.2) is 4.79 Å². The Morgan fingerprint density at radius 3 is 2.62 bits per heavy atom. The Hall–Kier alpha value is -2.14. The van der Waals surface area contributed by atoms with E-state index in [9.17, 15) is 15.0 Å². The van der Waals surface area contributed by atoms with Gasteiger partial charge in [-0.1, -0.05) is 46.3 Å². The number of benzene rings is 2. The standard InChI is InChI=1S/C16H14BrNO3/c17-13-6-7-15(19)12(9-13)10-18-14(16(20)21)8-11-4-2-1-3-5-11/h1-7,9-10,14,19H,8H2,(H,20,21)/t14-/m0/s1. The number of phenolic OH excluding ortho intramolecular Hbond substituents is 1. The molecule has 0 saturated heterocycles. The molecular formula is C16H14BrNO3. The first-order valence-electron chi connectivity index (χ1n) is 6.34. The first-order chi connectivity index (χ1) is 10.1. The minimum absolute atomic E-state index is 0.0609. The van der Waals surface area contributed by atoms with E-state index in [1.807, 2.05) is 30.3 Å². The second kappa shape index (κ2) is 7.04. The van der Waals surface area contributed by atoms with E-state index in [0.29, 0.717) is 12.0 Å². The highest BCUT2D eigenvalue weighted by molar-refractivity contribution is 9.10. The molecule has 0 spiro atoms. The maximum atomic E-state index is 11.3. The molecule has 1 atom stereocenters. The molecule has 2 aromatic rings. The van der Waals surface area contributed by atoms with Crippen LogP contribution in [0.1, 0.15) is 11.1 Å². The van der Waals surface area contributed by atoms with Gasteiger partial charge >= 0.3 is 5.97 Å². The smallest absolute Gasteiger partial charge is 0.328 e. The number of nitrogens with zero attached hydrogens (tertiary/aromatic N) is 1. The number of carboxylic acids is 1. The van der Waals surface area contributed by atoms with Crippen LogP contribution in [-0.2, 0) is 11.2 Å². The average Bonchev–Trinajstić information content (AvgIpc) is 2.47. The highest BCUT2D eigenvalue weighted by Crippen LogP contribution is 2.20. The van der Waals surface area contributed by atoms with E-state index < -0.39 is 12.0 Å². The molecule has 0 saturated carbocycles. The minimum Gasteiger partial charge on any atom is -0.507 e. The molecule has 2 N–H and O–H groups in total. The summed E-state index contributed by atoms with van der Waals surface area (Å²) in [6, 6.07) is 13.3. The fraction of sp³-hybridized carbons (Fsp3) is 0.125. The summed E-state index contributed by atoms with van der Waals surface area (Å²) in [5.41, 5.74) is 1.38. The zero-order chi connectivity index (χ0) is 15.2. The maximum Gasteiger partial charge on any atom is 0.328 e. The molecule has 0 aliphatic rings. The normalized spacial score (nSPS) is 12.4. The van der Waals surface area contributed by atoms with Gasteiger partial charge in [0.1, 0.15) is 5.75 Å². The maximum absolute atomic E-state index is 11.3. The summed E-state index contributed by atoms with van der Waals surface area (Å²) in [5, 5.41) is 19.0. The lowest BCUT2D eigenvalue weighted by atomic mass is 10.1. The quantitative estimate of drug-likeness (QED) is 0.815. The highest BCUT2D eigenvalue weighted by atomic mass is 79.9. The Morgan fingerprint density at radius 1 is 1.24 bits per heavy atom. The van der Waals surface area contributed by atoms with Crippen molar-refractivity contribution in [3.63, 3.8) is 0 Å². The van der Waals surface area contributed by atoms with Crippen molar-refractivity contribution in [2.45, 2.75) is 12.5 Å². The van der Waals surface area contributed by atoms with Crippen molar-refractivity contribution in [2.75, 3.05) is 0 Å². The molecule has 0 fully saturated rings. The number of aliphatic imine (C=N–C) groups is 1. The number of carboxylic acid groups (broad SMARTS) is 1. The molecule has 0 bridgehead atoms. The summed E-state index contributed by atoms with van der Waals surface area (Å²) in [4.78, 5) is 15.4. The zero-order valence-electron chi connectivity index (χ0n) is 11.1. The Labute approximate surface area is 130 Å². The molecule has 5 heteroatoms. The number of carbonyl (C=O) groups is 1. The van der Waals surface area contributed by atoms with Gasteiger partial charge in [0, 0.05) is 22.7 Å². The van der Waals surface area contributed by atoms with Gasteiger partial charge in [0.2, 0.25) is 0 Å².